The SMILES string of the molecule is CC(C)c1cc(C(=O)NC(C)c2cccnc2)c2ccccc2n1. The lowest BCUT2D eigenvalue weighted by atomic mass is 10.0. The standard InChI is InChI=1S/C20H21N3O/c1-13(2)19-11-17(16-8-4-5-9-18(16)23-19)20(24)22-14(3)15-7-6-10-21-12-15/h4-14H,1-3H3,(H,22,24). The number of benzene rings is 1. The van der Waals surface area contributed by atoms with Gasteiger partial charge in [-0.05, 0) is 36.6 Å². The van der Waals surface area contributed by atoms with E-state index in [4.69, 9.17) is 0 Å². The molecule has 4 heteroatoms. The Hall–Kier alpha value is -2.75. The molecule has 1 aromatic carbocycles. The van der Waals surface area contributed by atoms with Crippen LogP contribution in [-0.4, -0.2) is 15.9 Å². The molecule has 0 fully saturated rings. The van der Waals surface area contributed by atoms with Gasteiger partial charge >= 0.3 is 0 Å². The molecule has 3 rings (SSSR count). The topological polar surface area (TPSA) is 54.9 Å². The Balaban J connectivity index is 1.97. The molecule has 24 heavy (non-hydrogen) atoms. The maximum atomic E-state index is 12.9. The molecule has 1 unspecified atom stereocenters. The number of carbonyl (C=O) groups excluding carboxylic acids is 1. The summed E-state index contributed by atoms with van der Waals surface area (Å²) in [4.78, 5) is 21.6. The maximum Gasteiger partial charge on any atom is 0.252 e. The van der Waals surface area contributed by atoms with Crippen molar-refractivity contribution in [2.45, 2.75) is 32.7 Å². The van der Waals surface area contributed by atoms with Crippen LogP contribution >= 0.6 is 0 Å². The van der Waals surface area contributed by atoms with E-state index in [1.807, 2.05) is 49.4 Å². The van der Waals surface area contributed by atoms with Gasteiger partial charge in [0.05, 0.1) is 17.1 Å². The molecule has 1 N–H and O–H groups in total. The third-order valence-electron chi connectivity index (χ3n) is 4.10. The average Bonchev–Trinajstić information content (AvgIpc) is 2.61. The summed E-state index contributed by atoms with van der Waals surface area (Å²) in [6, 6.07) is 13.4. The molecule has 0 saturated heterocycles. The van der Waals surface area contributed by atoms with Gasteiger partial charge in [0.1, 0.15) is 0 Å². The van der Waals surface area contributed by atoms with E-state index < -0.39 is 0 Å². The number of nitrogens with one attached hydrogen (secondary N) is 1. The second kappa shape index (κ2) is 6.79. The van der Waals surface area contributed by atoms with Crippen molar-refractivity contribution in [3.63, 3.8) is 0 Å². The van der Waals surface area contributed by atoms with E-state index in [9.17, 15) is 4.79 Å². The molecule has 0 bridgehead atoms. The minimum atomic E-state index is -0.111. The highest BCUT2D eigenvalue weighted by molar-refractivity contribution is 6.06. The number of hydrogen-bond donors (Lipinski definition) is 1. The molecule has 2 aromatic heterocycles. The van der Waals surface area contributed by atoms with Gasteiger partial charge in [-0.3, -0.25) is 14.8 Å². The zero-order valence-corrected chi connectivity index (χ0v) is 14.2. The van der Waals surface area contributed by atoms with Crippen molar-refractivity contribution in [3.8, 4) is 0 Å². The first-order valence-corrected chi connectivity index (χ1v) is 8.16. The van der Waals surface area contributed by atoms with Gasteiger partial charge in [0, 0.05) is 23.5 Å². The van der Waals surface area contributed by atoms with Crippen molar-refractivity contribution in [1.82, 2.24) is 15.3 Å². The summed E-state index contributed by atoms with van der Waals surface area (Å²) in [5.74, 6) is 0.170. The van der Waals surface area contributed by atoms with Crippen LogP contribution in [0.15, 0.2) is 54.9 Å². The van der Waals surface area contributed by atoms with E-state index in [0.717, 1.165) is 22.2 Å². The lowest BCUT2D eigenvalue weighted by molar-refractivity contribution is 0.0941. The number of aromatic nitrogens is 2. The molecule has 4 nitrogen and oxygen atoms in total. The highest BCUT2D eigenvalue weighted by atomic mass is 16.1. The van der Waals surface area contributed by atoms with Gasteiger partial charge in [-0.15, -0.1) is 0 Å². The minimum Gasteiger partial charge on any atom is -0.345 e. The summed E-state index contributed by atoms with van der Waals surface area (Å²) < 4.78 is 0. The number of rotatable bonds is 4. The van der Waals surface area contributed by atoms with E-state index in [2.05, 4.69) is 29.1 Å². The normalized spacial score (nSPS) is 12.3. The van der Waals surface area contributed by atoms with Crippen LogP contribution in [0.3, 0.4) is 0 Å². The zero-order chi connectivity index (χ0) is 17.1. The Labute approximate surface area is 142 Å². The Kier molecular flexibility index (Phi) is 4.56. The Morgan fingerprint density at radius 1 is 1.08 bits per heavy atom. The number of carbonyl (C=O) groups is 1. The number of fused-ring (bicyclic) bond motifs is 1. The Bertz CT molecular complexity index is 859. The molecule has 0 aliphatic heterocycles. The van der Waals surface area contributed by atoms with Gasteiger partial charge in [-0.2, -0.15) is 0 Å². The smallest absolute Gasteiger partial charge is 0.252 e. The first kappa shape index (κ1) is 16.1. The van der Waals surface area contributed by atoms with Crippen LogP contribution < -0.4 is 5.32 Å². The lowest BCUT2D eigenvalue weighted by Crippen LogP contribution is -2.27. The van der Waals surface area contributed by atoms with Crippen LogP contribution in [-0.2, 0) is 0 Å². The van der Waals surface area contributed by atoms with Crippen molar-refractivity contribution < 1.29 is 4.79 Å². The average molecular weight is 319 g/mol. The second-order valence-corrected chi connectivity index (χ2v) is 6.25. The molecule has 1 atom stereocenters. The van der Waals surface area contributed by atoms with Crippen molar-refractivity contribution in [1.29, 1.82) is 0 Å². The van der Waals surface area contributed by atoms with Crippen LogP contribution in [0.5, 0.6) is 0 Å². The summed E-state index contributed by atoms with van der Waals surface area (Å²) in [7, 11) is 0. The summed E-state index contributed by atoms with van der Waals surface area (Å²) in [6.07, 6.45) is 3.50. The van der Waals surface area contributed by atoms with E-state index in [1.165, 1.54) is 0 Å². The fourth-order valence-corrected chi connectivity index (χ4v) is 2.67. The van der Waals surface area contributed by atoms with Crippen LogP contribution in [0.1, 0.15) is 54.3 Å². The zero-order valence-electron chi connectivity index (χ0n) is 14.2. The quantitative estimate of drug-likeness (QED) is 0.782. The van der Waals surface area contributed by atoms with Gasteiger partial charge in [-0.25, -0.2) is 0 Å². The largest absolute Gasteiger partial charge is 0.345 e. The molecule has 0 aliphatic rings. The van der Waals surface area contributed by atoms with E-state index in [0.29, 0.717) is 5.56 Å². The van der Waals surface area contributed by atoms with Crippen LogP contribution in [0.4, 0.5) is 0 Å². The molecule has 2 heterocycles. The first-order valence-electron chi connectivity index (χ1n) is 8.16. The van der Waals surface area contributed by atoms with Crippen LogP contribution in [0.2, 0.25) is 0 Å². The maximum absolute atomic E-state index is 12.9. The third-order valence-corrected chi connectivity index (χ3v) is 4.10. The predicted molar refractivity (Wildman–Crippen MR) is 96.0 cm³/mol. The van der Waals surface area contributed by atoms with Gasteiger partial charge in [0.15, 0.2) is 0 Å². The Morgan fingerprint density at radius 2 is 1.88 bits per heavy atom. The highest BCUT2D eigenvalue weighted by Gasteiger charge is 2.16. The van der Waals surface area contributed by atoms with Gasteiger partial charge < -0.3 is 5.32 Å². The molecule has 3 aromatic rings. The minimum absolute atomic E-state index is 0.0909. The van der Waals surface area contributed by atoms with Crippen LogP contribution in [0, 0.1) is 0 Å². The van der Waals surface area contributed by atoms with Crippen molar-refractivity contribution in [2.24, 2.45) is 0 Å². The number of amides is 1. The summed E-state index contributed by atoms with van der Waals surface area (Å²) in [6.45, 7) is 6.12. The number of pyridine rings is 2. The molecular formula is C20H21N3O. The van der Waals surface area contributed by atoms with E-state index in [-0.39, 0.29) is 17.9 Å². The molecule has 0 saturated carbocycles. The van der Waals surface area contributed by atoms with Crippen molar-refractivity contribution in [2.75, 3.05) is 0 Å². The van der Waals surface area contributed by atoms with Crippen molar-refractivity contribution in [3.05, 3.63) is 71.7 Å². The number of hydrogen-bond acceptors (Lipinski definition) is 3. The summed E-state index contributed by atoms with van der Waals surface area (Å²) in [5, 5.41) is 3.94. The molecule has 1 amide bonds. The van der Waals surface area contributed by atoms with Crippen molar-refractivity contribution >= 4 is 16.8 Å². The third kappa shape index (κ3) is 3.27. The first-order chi connectivity index (χ1) is 11.6. The van der Waals surface area contributed by atoms with Gasteiger partial charge in [-0.1, -0.05) is 38.1 Å². The van der Waals surface area contributed by atoms with E-state index in [1.54, 1.807) is 12.4 Å². The fourth-order valence-electron chi connectivity index (χ4n) is 2.67. The summed E-state index contributed by atoms with van der Waals surface area (Å²) in [5.41, 5.74) is 3.42. The molecule has 0 aliphatic carbocycles. The molecular weight excluding hydrogens is 298 g/mol. The number of nitrogens with zero attached hydrogens (tertiary/aromatic N) is 2. The summed E-state index contributed by atoms with van der Waals surface area (Å²) >= 11 is 0. The predicted octanol–water partition coefficient (Wildman–Crippen LogP) is 4.24. The Morgan fingerprint density at radius 3 is 2.58 bits per heavy atom. The lowest BCUT2D eigenvalue weighted by Gasteiger charge is -2.16. The van der Waals surface area contributed by atoms with Gasteiger partial charge in [0.2, 0.25) is 0 Å². The van der Waals surface area contributed by atoms with E-state index >= 15 is 0 Å². The van der Waals surface area contributed by atoms with Crippen LogP contribution in [0.25, 0.3) is 10.9 Å². The second-order valence-electron chi connectivity index (χ2n) is 6.25. The molecule has 0 radical (unpaired) electrons. The monoisotopic (exact) mass is 319 g/mol. The fraction of sp³-hybridized carbons (Fsp3) is 0.250. The molecule has 122 valence electrons. The number of para-hydroxylation sites is 1. The highest BCUT2D eigenvalue weighted by Crippen LogP contribution is 2.23. The van der Waals surface area contributed by atoms with Gasteiger partial charge in [0.25, 0.3) is 5.91 Å². The molecule has 0 spiro atoms.